The molecule has 2 amide bonds. The van der Waals surface area contributed by atoms with Crippen molar-refractivity contribution in [1.29, 1.82) is 0 Å². The minimum Gasteiger partial charge on any atom is -0.508 e. The van der Waals surface area contributed by atoms with E-state index in [1.54, 1.807) is 18.4 Å². The van der Waals surface area contributed by atoms with Crippen LogP contribution in [0.4, 0.5) is 0 Å². The summed E-state index contributed by atoms with van der Waals surface area (Å²) in [6.07, 6.45) is 3.09. The molecule has 0 aromatic heterocycles. The Kier molecular flexibility index (Phi) is 11.2. The molecule has 2 aliphatic rings. The Hall–Kier alpha value is -1.83. The number of ether oxygens (including phenoxy) is 1. The first-order chi connectivity index (χ1) is 18.4. The van der Waals surface area contributed by atoms with Gasteiger partial charge in [-0.05, 0) is 58.5 Å². The van der Waals surface area contributed by atoms with Crippen molar-refractivity contribution in [3.63, 3.8) is 0 Å². The summed E-state index contributed by atoms with van der Waals surface area (Å²) in [6, 6.07) is 6.98. The summed E-state index contributed by atoms with van der Waals surface area (Å²) in [4.78, 5) is 29.7. The van der Waals surface area contributed by atoms with Gasteiger partial charge in [0.1, 0.15) is 12.0 Å². The molecular weight excluding hydrogens is 520 g/mol. The van der Waals surface area contributed by atoms with Crippen molar-refractivity contribution in [2.75, 3.05) is 32.5 Å². The molecule has 2 fully saturated rings. The second-order valence-corrected chi connectivity index (χ2v) is 14.2. The lowest BCUT2D eigenvalue weighted by Gasteiger charge is -2.58. The molecule has 2 aliphatic heterocycles. The van der Waals surface area contributed by atoms with Gasteiger partial charge in [0.2, 0.25) is 11.8 Å². The van der Waals surface area contributed by atoms with Gasteiger partial charge in [0.05, 0.1) is 12.5 Å². The molecule has 0 radical (unpaired) electrons. The SMILES string of the molecule is C=C(CC1CC(=O)N(CCN2CCOC2c2ccc(O)cc2)C1=O)CC(C)(C)C(C)(C)C(C)(C)C(C)(C)C.CS. The van der Waals surface area contributed by atoms with Crippen LogP contribution in [0.15, 0.2) is 36.4 Å². The molecule has 6 nitrogen and oxygen atoms in total. The van der Waals surface area contributed by atoms with Crippen LogP contribution in [-0.2, 0) is 14.3 Å². The van der Waals surface area contributed by atoms with E-state index >= 15 is 0 Å². The van der Waals surface area contributed by atoms with Gasteiger partial charge in [-0.2, -0.15) is 12.6 Å². The highest BCUT2D eigenvalue weighted by atomic mass is 32.1. The number of nitrogens with zero attached hydrogens (tertiary/aromatic N) is 2. The van der Waals surface area contributed by atoms with E-state index in [9.17, 15) is 14.7 Å². The second-order valence-electron chi connectivity index (χ2n) is 14.2. The number of hydrogen-bond acceptors (Lipinski definition) is 6. The van der Waals surface area contributed by atoms with Crippen LogP contribution in [0, 0.1) is 27.6 Å². The molecule has 7 heteroatoms. The molecule has 2 saturated heterocycles. The first-order valence-electron chi connectivity index (χ1n) is 14.5. The normalized spacial score (nSPS) is 21.0. The van der Waals surface area contributed by atoms with Crippen molar-refractivity contribution in [2.24, 2.45) is 27.6 Å². The van der Waals surface area contributed by atoms with Gasteiger partial charge in [-0.15, -0.1) is 0 Å². The zero-order valence-corrected chi connectivity index (χ0v) is 27.5. The van der Waals surface area contributed by atoms with Gasteiger partial charge in [-0.25, -0.2) is 0 Å². The lowest BCUT2D eigenvalue weighted by molar-refractivity contribution is -0.139. The van der Waals surface area contributed by atoms with Crippen LogP contribution in [0.25, 0.3) is 0 Å². The van der Waals surface area contributed by atoms with E-state index in [-0.39, 0.29) is 57.8 Å². The van der Waals surface area contributed by atoms with E-state index in [1.807, 2.05) is 12.1 Å². The standard InChI is InChI=1S/C32H50N2O4.CH4S/c1-22(21-30(5,6)32(9,10)31(7,8)29(2,3)4)19-24-20-26(36)34(27(24)37)16-15-33-17-18-38-28(33)23-11-13-25(35)14-12-23;1-2/h11-14,24,28,35H,1,15-21H2,2-10H3;2H,1H3. The molecule has 1 aromatic carbocycles. The number of carbonyl (C=O) groups excluding carboxylic acids is 2. The molecule has 3 rings (SSSR count). The smallest absolute Gasteiger partial charge is 0.233 e. The number of carbonyl (C=O) groups is 2. The summed E-state index contributed by atoms with van der Waals surface area (Å²) in [6.45, 7) is 27.6. The quantitative estimate of drug-likeness (QED) is 0.177. The first kappa shape index (κ1) is 34.4. The number of hydrogen-bond donors (Lipinski definition) is 2. The van der Waals surface area contributed by atoms with Crippen LogP contribution in [0.3, 0.4) is 0 Å². The van der Waals surface area contributed by atoms with Crippen LogP contribution in [-0.4, -0.2) is 59.2 Å². The summed E-state index contributed by atoms with van der Waals surface area (Å²) in [7, 11) is 0. The Labute approximate surface area is 248 Å². The first-order valence-corrected chi connectivity index (χ1v) is 15.4. The van der Waals surface area contributed by atoms with Gasteiger partial charge >= 0.3 is 0 Å². The molecule has 0 saturated carbocycles. The monoisotopic (exact) mass is 574 g/mol. The third kappa shape index (κ3) is 7.14. The van der Waals surface area contributed by atoms with Crippen LogP contribution in [0.1, 0.15) is 93.4 Å². The fourth-order valence-electron chi connectivity index (χ4n) is 6.10. The number of benzene rings is 1. The van der Waals surface area contributed by atoms with Gasteiger partial charge in [0, 0.05) is 26.1 Å². The van der Waals surface area contributed by atoms with Crippen molar-refractivity contribution in [3.05, 3.63) is 42.0 Å². The molecule has 0 bridgehead atoms. The zero-order chi connectivity index (χ0) is 30.7. The Morgan fingerprint density at radius 3 is 2.10 bits per heavy atom. The molecule has 0 aliphatic carbocycles. The van der Waals surface area contributed by atoms with Crippen molar-refractivity contribution >= 4 is 24.4 Å². The minimum absolute atomic E-state index is 0.00850. The third-order valence-electron chi connectivity index (χ3n) is 10.5. The summed E-state index contributed by atoms with van der Waals surface area (Å²) >= 11 is 3.53. The number of likely N-dealkylation sites (tertiary alicyclic amines) is 1. The molecule has 1 aromatic rings. The maximum Gasteiger partial charge on any atom is 0.233 e. The van der Waals surface area contributed by atoms with Crippen LogP contribution >= 0.6 is 12.6 Å². The number of rotatable bonds is 10. The van der Waals surface area contributed by atoms with E-state index in [4.69, 9.17) is 4.74 Å². The lowest BCUT2D eigenvalue weighted by Crippen LogP contribution is -2.51. The minimum atomic E-state index is -0.327. The summed E-state index contributed by atoms with van der Waals surface area (Å²) in [5.74, 6) is -0.289. The van der Waals surface area contributed by atoms with Gasteiger partial charge in [0.15, 0.2) is 0 Å². The Balaban J connectivity index is 0.00000274. The van der Waals surface area contributed by atoms with Crippen molar-refractivity contribution in [2.45, 2.75) is 87.8 Å². The van der Waals surface area contributed by atoms with Gasteiger partial charge < -0.3 is 9.84 Å². The number of phenols is 1. The maximum atomic E-state index is 13.3. The second kappa shape index (κ2) is 13.0. The molecular formula is C33H54N2O4S. The van der Waals surface area contributed by atoms with Crippen molar-refractivity contribution < 1.29 is 19.4 Å². The summed E-state index contributed by atoms with van der Waals surface area (Å²) < 4.78 is 5.90. The molecule has 40 heavy (non-hydrogen) atoms. The van der Waals surface area contributed by atoms with Crippen LogP contribution in [0.2, 0.25) is 0 Å². The lowest BCUT2D eigenvalue weighted by atomic mass is 9.47. The van der Waals surface area contributed by atoms with Gasteiger partial charge in [-0.3, -0.25) is 19.4 Å². The number of allylic oxidation sites excluding steroid dienone is 1. The summed E-state index contributed by atoms with van der Waals surface area (Å²) in [5.41, 5.74) is 2.16. The number of thiol groups is 1. The Morgan fingerprint density at radius 2 is 1.55 bits per heavy atom. The molecule has 2 heterocycles. The van der Waals surface area contributed by atoms with Crippen molar-refractivity contribution in [3.8, 4) is 5.75 Å². The number of imide groups is 1. The van der Waals surface area contributed by atoms with Crippen molar-refractivity contribution in [1.82, 2.24) is 9.80 Å². The predicted octanol–water partition coefficient (Wildman–Crippen LogP) is 7.11. The molecule has 1 N–H and O–H groups in total. The number of amides is 2. The molecule has 2 unspecified atom stereocenters. The van der Waals surface area contributed by atoms with E-state index < -0.39 is 0 Å². The van der Waals surface area contributed by atoms with E-state index in [0.29, 0.717) is 26.1 Å². The Morgan fingerprint density at radius 1 is 0.975 bits per heavy atom. The topological polar surface area (TPSA) is 70.1 Å². The average Bonchev–Trinajstić information content (AvgIpc) is 3.42. The van der Waals surface area contributed by atoms with Gasteiger partial charge in [0.25, 0.3) is 0 Å². The van der Waals surface area contributed by atoms with E-state index in [1.165, 1.54) is 4.90 Å². The molecule has 226 valence electrons. The predicted molar refractivity (Wildman–Crippen MR) is 167 cm³/mol. The zero-order valence-electron chi connectivity index (χ0n) is 26.6. The maximum absolute atomic E-state index is 13.3. The van der Waals surface area contributed by atoms with Gasteiger partial charge in [-0.1, -0.05) is 86.6 Å². The van der Waals surface area contributed by atoms with Crippen LogP contribution < -0.4 is 0 Å². The van der Waals surface area contributed by atoms with E-state index in [0.717, 1.165) is 24.1 Å². The highest BCUT2D eigenvalue weighted by Gasteiger charge is 2.53. The fraction of sp³-hybridized carbons (Fsp3) is 0.697. The number of aromatic hydroxyl groups is 1. The number of phenolic OH excluding ortho intramolecular Hbond substituents is 1. The summed E-state index contributed by atoms with van der Waals surface area (Å²) in [5, 5.41) is 9.59. The Bertz CT molecular complexity index is 1040. The molecule has 2 atom stereocenters. The molecule has 0 spiro atoms. The largest absolute Gasteiger partial charge is 0.508 e. The third-order valence-corrected chi connectivity index (χ3v) is 10.5. The van der Waals surface area contributed by atoms with Crippen LogP contribution in [0.5, 0.6) is 5.75 Å². The van der Waals surface area contributed by atoms with E-state index in [2.05, 4.69) is 86.4 Å². The highest BCUT2D eigenvalue weighted by molar-refractivity contribution is 7.79. The average molecular weight is 575 g/mol. The fourth-order valence-corrected chi connectivity index (χ4v) is 6.10. The highest BCUT2D eigenvalue weighted by Crippen LogP contribution is 2.60.